The first-order valence-electron chi connectivity index (χ1n) is 6.69. The summed E-state index contributed by atoms with van der Waals surface area (Å²) in [4.78, 5) is 11.7. The summed E-state index contributed by atoms with van der Waals surface area (Å²) in [5, 5.41) is 9.24. The van der Waals surface area contributed by atoms with E-state index in [2.05, 4.69) is 0 Å². The molecule has 23 heavy (non-hydrogen) atoms. The topological polar surface area (TPSA) is 91.7 Å². The summed E-state index contributed by atoms with van der Waals surface area (Å²) in [5.74, 6) is -1.04. The van der Waals surface area contributed by atoms with Crippen molar-refractivity contribution in [3.63, 3.8) is 0 Å². The Morgan fingerprint density at radius 2 is 1.39 bits per heavy atom. The molecule has 0 aromatic heterocycles. The van der Waals surface area contributed by atoms with Crippen molar-refractivity contribution in [1.29, 1.82) is 0 Å². The van der Waals surface area contributed by atoms with Gasteiger partial charge in [-0.1, -0.05) is 54.6 Å². The normalized spacial score (nSPS) is 12.3. The number of aliphatic hydroxyl groups is 1. The van der Waals surface area contributed by atoms with E-state index in [9.17, 15) is 18.3 Å². The van der Waals surface area contributed by atoms with Gasteiger partial charge < -0.3 is 5.11 Å². The first-order valence-corrected chi connectivity index (χ1v) is 8.19. The summed E-state index contributed by atoms with van der Waals surface area (Å²) < 4.78 is 30.2. The average Bonchev–Trinajstić information content (AvgIpc) is 2.52. The van der Waals surface area contributed by atoms with E-state index < -0.39 is 21.3 Å². The minimum Gasteiger partial charge on any atom is -0.369 e. The Balaban J connectivity index is 0.00000264. The third-order valence-corrected chi connectivity index (χ3v) is 4.07. The number of hydrogen-bond donors (Lipinski definition) is 2. The van der Waals surface area contributed by atoms with Gasteiger partial charge in [0.25, 0.3) is 10.1 Å². The van der Waals surface area contributed by atoms with Crippen molar-refractivity contribution in [2.45, 2.75) is 18.3 Å². The average molecular weight is 343 g/mol. The Labute approximate surface area is 157 Å². The Morgan fingerprint density at radius 3 is 1.87 bits per heavy atom. The number of Topliss-reactive ketones (excluding diaryl/α,β-unsaturated/α-hetero) is 1. The largest absolute Gasteiger partial charge is 0.369 e. The number of hydrogen-bond acceptors (Lipinski definition) is 4. The fraction of sp³-hybridized carbons (Fsp3) is 0.188. The van der Waals surface area contributed by atoms with Gasteiger partial charge in [-0.05, 0) is 24.0 Å². The maximum atomic E-state index is 11.7. The fourth-order valence-corrected chi connectivity index (χ4v) is 2.45. The molecule has 0 heterocycles. The van der Waals surface area contributed by atoms with E-state index in [1.807, 2.05) is 30.3 Å². The van der Waals surface area contributed by atoms with Crippen molar-refractivity contribution in [3.8, 4) is 0 Å². The van der Waals surface area contributed by atoms with Crippen LogP contribution in [0.1, 0.15) is 21.5 Å². The second-order valence-electron chi connectivity index (χ2n) is 4.91. The third kappa shape index (κ3) is 5.84. The summed E-state index contributed by atoms with van der Waals surface area (Å²) >= 11 is 0. The molecule has 7 heteroatoms. The van der Waals surface area contributed by atoms with Crippen LogP contribution in [0.25, 0.3) is 0 Å². The van der Waals surface area contributed by atoms with Crippen LogP contribution in [0, 0.1) is 0 Å². The number of rotatable bonds is 6. The molecule has 1 radical (unpaired) electrons. The molecule has 2 rings (SSSR count). The summed E-state index contributed by atoms with van der Waals surface area (Å²) in [6, 6.07) is 16.2. The van der Waals surface area contributed by atoms with Gasteiger partial charge >= 0.3 is 0 Å². The van der Waals surface area contributed by atoms with Crippen LogP contribution in [0.3, 0.4) is 0 Å². The zero-order chi connectivity index (χ0) is 16.2. The van der Waals surface area contributed by atoms with Gasteiger partial charge in [0.15, 0.2) is 0 Å². The van der Waals surface area contributed by atoms with E-state index in [4.69, 9.17) is 4.55 Å². The summed E-state index contributed by atoms with van der Waals surface area (Å²) in [5.41, 5.74) is -0.220. The fourth-order valence-electron chi connectivity index (χ4n) is 2.05. The van der Waals surface area contributed by atoms with E-state index >= 15 is 0 Å². The molecule has 0 saturated heterocycles. The van der Waals surface area contributed by atoms with Crippen molar-refractivity contribution in [2.75, 3.05) is 0 Å². The summed E-state index contributed by atoms with van der Waals surface area (Å²) in [7, 11) is -4.80. The van der Waals surface area contributed by atoms with Crippen LogP contribution in [-0.4, -0.2) is 58.9 Å². The van der Waals surface area contributed by atoms with Gasteiger partial charge in [0.05, 0.1) is 0 Å². The maximum Gasteiger partial charge on any atom is 0.299 e. The van der Waals surface area contributed by atoms with Crippen LogP contribution in [0.15, 0.2) is 54.6 Å². The molecule has 0 aliphatic heterocycles. The minimum atomic E-state index is -4.80. The van der Waals surface area contributed by atoms with Gasteiger partial charge in [0, 0.05) is 35.1 Å². The van der Waals surface area contributed by atoms with Crippen molar-refractivity contribution in [3.05, 3.63) is 71.3 Å². The van der Waals surface area contributed by atoms with Gasteiger partial charge in [0.1, 0.15) is 0 Å². The Kier molecular flexibility index (Phi) is 7.60. The van der Waals surface area contributed by atoms with Crippen LogP contribution in [0.2, 0.25) is 0 Å². The molecule has 2 aromatic carbocycles. The molecule has 5 nitrogen and oxygen atoms in total. The number of benzene rings is 2. The number of aryl methyl sites for hydroxylation is 2. The molecular formula is C16H16NaO5S. The predicted molar refractivity (Wildman–Crippen MR) is 87.9 cm³/mol. The maximum absolute atomic E-state index is 11.7. The van der Waals surface area contributed by atoms with E-state index in [0.717, 1.165) is 18.4 Å². The summed E-state index contributed by atoms with van der Waals surface area (Å²) in [6.45, 7) is 0. The van der Waals surface area contributed by atoms with Gasteiger partial charge in [-0.2, -0.15) is 8.42 Å². The second-order valence-corrected chi connectivity index (χ2v) is 6.39. The van der Waals surface area contributed by atoms with E-state index in [-0.39, 0.29) is 35.1 Å². The van der Waals surface area contributed by atoms with Crippen LogP contribution in [0.4, 0.5) is 0 Å². The SMILES string of the molecule is O=C(c1ccc(CCc2ccccc2)cc1)C(O)S(=O)(=O)O.[Na]. The molecule has 117 valence electrons. The molecule has 0 aliphatic carbocycles. The number of carbonyl (C=O) groups excluding carboxylic acids is 1. The molecule has 0 aliphatic rings. The Bertz CT molecular complexity index is 742. The zero-order valence-corrected chi connectivity index (χ0v) is 15.5. The van der Waals surface area contributed by atoms with Gasteiger partial charge in [-0.15, -0.1) is 0 Å². The molecule has 0 bridgehead atoms. The number of aliphatic hydroxyl groups excluding tert-OH is 1. The van der Waals surface area contributed by atoms with Crippen LogP contribution >= 0.6 is 0 Å². The predicted octanol–water partition coefficient (Wildman–Crippen LogP) is 1.48. The monoisotopic (exact) mass is 343 g/mol. The Hall–Kier alpha value is -1.02. The Morgan fingerprint density at radius 1 is 0.913 bits per heavy atom. The van der Waals surface area contributed by atoms with Crippen LogP contribution < -0.4 is 0 Å². The molecule has 1 unspecified atom stereocenters. The van der Waals surface area contributed by atoms with E-state index in [0.29, 0.717) is 0 Å². The van der Waals surface area contributed by atoms with Crippen molar-refractivity contribution in [2.24, 2.45) is 0 Å². The molecule has 2 aromatic rings. The summed E-state index contributed by atoms with van der Waals surface area (Å²) in [6.07, 6.45) is 1.63. The number of ketones is 1. The molecule has 1 atom stereocenters. The van der Waals surface area contributed by atoms with E-state index in [1.165, 1.54) is 17.7 Å². The molecule has 0 saturated carbocycles. The smallest absolute Gasteiger partial charge is 0.299 e. The first-order chi connectivity index (χ1) is 10.4. The number of carbonyl (C=O) groups is 1. The molecule has 0 amide bonds. The molecular weight excluding hydrogens is 327 g/mol. The van der Waals surface area contributed by atoms with Crippen LogP contribution in [0.5, 0.6) is 0 Å². The molecule has 0 fully saturated rings. The van der Waals surface area contributed by atoms with Crippen molar-refractivity contribution < 1.29 is 22.9 Å². The first kappa shape index (κ1) is 20.0. The van der Waals surface area contributed by atoms with Crippen LogP contribution in [-0.2, 0) is 23.0 Å². The van der Waals surface area contributed by atoms with E-state index in [1.54, 1.807) is 12.1 Å². The molecule has 2 N–H and O–H groups in total. The van der Waals surface area contributed by atoms with Gasteiger partial charge in [-0.3, -0.25) is 9.35 Å². The van der Waals surface area contributed by atoms with Crippen molar-refractivity contribution >= 4 is 45.5 Å². The second kappa shape index (κ2) is 8.73. The molecule has 0 spiro atoms. The quantitative estimate of drug-likeness (QED) is 0.471. The third-order valence-electron chi connectivity index (χ3n) is 3.29. The zero-order valence-electron chi connectivity index (χ0n) is 12.7. The minimum absolute atomic E-state index is 0. The van der Waals surface area contributed by atoms with Crippen molar-refractivity contribution in [1.82, 2.24) is 0 Å². The van der Waals surface area contributed by atoms with Gasteiger partial charge in [-0.25, -0.2) is 0 Å². The standard InChI is InChI=1S/C16H16O5S.Na/c17-15(16(18)22(19,20)21)14-10-8-13(9-11-14)7-6-12-4-2-1-3-5-12;/h1-5,8-11,16,18H,6-7H2,(H,19,20,21);. The van der Waals surface area contributed by atoms with Gasteiger partial charge in [0.2, 0.25) is 11.2 Å².